The molecule has 4 heteroatoms. The highest BCUT2D eigenvalue weighted by Crippen LogP contribution is 2.26. The van der Waals surface area contributed by atoms with Crippen molar-refractivity contribution < 1.29 is 0 Å². The van der Waals surface area contributed by atoms with Crippen LogP contribution in [0.15, 0.2) is 59.2 Å². The zero-order valence-corrected chi connectivity index (χ0v) is 11.6. The molecule has 0 bridgehead atoms. The van der Waals surface area contributed by atoms with Crippen LogP contribution in [-0.4, -0.2) is 14.4 Å². The van der Waals surface area contributed by atoms with Gasteiger partial charge < -0.3 is 4.98 Å². The lowest BCUT2D eigenvalue weighted by molar-refractivity contribution is 1.25. The zero-order valence-electron chi connectivity index (χ0n) is 9.97. The molecule has 4 rings (SSSR count). The predicted molar refractivity (Wildman–Crippen MR) is 80.2 cm³/mol. The second-order valence-electron chi connectivity index (χ2n) is 4.45. The first-order chi connectivity index (χ1) is 9.33. The van der Waals surface area contributed by atoms with Gasteiger partial charge in [0.15, 0.2) is 0 Å². The SMILES string of the molecule is Brc1ccc2c(c1)[nH]c1ncc(-c3ccccc3)n12. The molecule has 3 nitrogen and oxygen atoms in total. The van der Waals surface area contributed by atoms with Gasteiger partial charge in [0, 0.05) is 10.0 Å². The Labute approximate surface area is 118 Å². The first-order valence-corrected chi connectivity index (χ1v) is 6.82. The van der Waals surface area contributed by atoms with E-state index in [0.29, 0.717) is 0 Å². The maximum Gasteiger partial charge on any atom is 0.212 e. The molecule has 0 aliphatic rings. The number of nitrogens with zero attached hydrogens (tertiary/aromatic N) is 2. The second kappa shape index (κ2) is 3.96. The van der Waals surface area contributed by atoms with E-state index in [1.807, 2.05) is 30.5 Å². The summed E-state index contributed by atoms with van der Waals surface area (Å²) in [6.07, 6.45) is 1.91. The molecule has 0 aliphatic carbocycles. The van der Waals surface area contributed by atoms with Gasteiger partial charge in [-0.05, 0) is 18.2 Å². The summed E-state index contributed by atoms with van der Waals surface area (Å²) >= 11 is 3.49. The monoisotopic (exact) mass is 311 g/mol. The molecule has 0 unspecified atom stereocenters. The van der Waals surface area contributed by atoms with E-state index in [4.69, 9.17) is 0 Å². The Hall–Kier alpha value is -2.07. The molecule has 2 aromatic carbocycles. The number of hydrogen-bond acceptors (Lipinski definition) is 1. The molecular weight excluding hydrogens is 302 g/mol. The molecule has 19 heavy (non-hydrogen) atoms. The van der Waals surface area contributed by atoms with Crippen molar-refractivity contribution in [2.24, 2.45) is 0 Å². The van der Waals surface area contributed by atoms with Crippen LogP contribution in [0.5, 0.6) is 0 Å². The average Bonchev–Trinajstić information content (AvgIpc) is 2.97. The van der Waals surface area contributed by atoms with Crippen molar-refractivity contribution >= 4 is 32.7 Å². The Kier molecular flexibility index (Phi) is 2.26. The quantitative estimate of drug-likeness (QED) is 0.560. The van der Waals surface area contributed by atoms with Gasteiger partial charge in [0.1, 0.15) is 0 Å². The molecule has 0 aliphatic heterocycles. The first kappa shape index (κ1) is 10.8. The number of benzene rings is 2. The van der Waals surface area contributed by atoms with E-state index in [0.717, 1.165) is 27.0 Å². The van der Waals surface area contributed by atoms with E-state index >= 15 is 0 Å². The van der Waals surface area contributed by atoms with Crippen LogP contribution < -0.4 is 0 Å². The van der Waals surface area contributed by atoms with Gasteiger partial charge in [0.2, 0.25) is 5.78 Å². The molecule has 2 heterocycles. The van der Waals surface area contributed by atoms with Crippen molar-refractivity contribution in [3.63, 3.8) is 0 Å². The molecule has 0 atom stereocenters. The highest BCUT2D eigenvalue weighted by atomic mass is 79.9. The van der Waals surface area contributed by atoms with E-state index in [1.54, 1.807) is 0 Å². The Bertz CT molecular complexity index is 874. The lowest BCUT2D eigenvalue weighted by Crippen LogP contribution is -1.85. The maximum absolute atomic E-state index is 4.45. The number of imidazole rings is 2. The second-order valence-corrected chi connectivity index (χ2v) is 5.37. The molecule has 0 amide bonds. The fourth-order valence-electron chi connectivity index (χ4n) is 2.42. The largest absolute Gasteiger partial charge is 0.323 e. The van der Waals surface area contributed by atoms with Gasteiger partial charge in [-0.3, -0.25) is 4.40 Å². The van der Waals surface area contributed by atoms with Crippen LogP contribution in [0.3, 0.4) is 0 Å². The van der Waals surface area contributed by atoms with Crippen molar-refractivity contribution in [1.29, 1.82) is 0 Å². The summed E-state index contributed by atoms with van der Waals surface area (Å²) < 4.78 is 3.21. The molecular formula is C15H10BrN3. The maximum atomic E-state index is 4.45. The number of nitrogens with one attached hydrogen (secondary N) is 1. The van der Waals surface area contributed by atoms with Crippen LogP contribution in [0, 0.1) is 0 Å². The fraction of sp³-hybridized carbons (Fsp3) is 0. The van der Waals surface area contributed by atoms with E-state index in [1.165, 1.54) is 5.56 Å². The third-order valence-electron chi connectivity index (χ3n) is 3.28. The summed E-state index contributed by atoms with van der Waals surface area (Å²) in [5.41, 5.74) is 4.48. The topological polar surface area (TPSA) is 33.1 Å². The first-order valence-electron chi connectivity index (χ1n) is 6.03. The van der Waals surface area contributed by atoms with Crippen molar-refractivity contribution in [3.05, 3.63) is 59.2 Å². The van der Waals surface area contributed by atoms with E-state index in [9.17, 15) is 0 Å². The fourth-order valence-corrected chi connectivity index (χ4v) is 2.78. The summed E-state index contributed by atoms with van der Waals surface area (Å²) in [6, 6.07) is 16.5. The lowest BCUT2D eigenvalue weighted by Gasteiger charge is -2.00. The Morgan fingerprint density at radius 3 is 2.74 bits per heavy atom. The molecule has 2 aromatic heterocycles. The summed E-state index contributed by atoms with van der Waals surface area (Å²) in [6.45, 7) is 0. The number of rotatable bonds is 1. The number of halogens is 1. The minimum Gasteiger partial charge on any atom is -0.323 e. The van der Waals surface area contributed by atoms with Gasteiger partial charge in [-0.15, -0.1) is 0 Å². The van der Waals surface area contributed by atoms with Crippen LogP contribution in [0.1, 0.15) is 0 Å². The van der Waals surface area contributed by atoms with Gasteiger partial charge in [-0.25, -0.2) is 4.98 Å². The van der Waals surface area contributed by atoms with Crippen LogP contribution in [0.4, 0.5) is 0 Å². The number of H-pyrrole nitrogens is 1. The molecule has 92 valence electrons. The number of aromatic nitrogens is 3. The van der Waals surface area contributed by atoms with Gasteiger partial charge in [0.25, 0.3) is 0 Å². The predicted octanol–water partition coefficient (Wildman–Crippen LogP) is 4.25. The molecule has 0 saturated heterocycles. The third kappa shape index (κ3) is 1.60. The highest BCUT2D eigenvalue weighted by molar-refractivity contribution is 9.10. The molecule has 0 spiro atoms. The highest BCUT2D eigenvalue weighted by Gasteiger charge is 2.11. The molecule has 0 saturated carbocycles. The third-order valence-corrected chi connectivity index (χ3v) is 3.77. The van der Waals surface area contributed by atoms with E-state index in [-0.39, 0.29) is 0 Å². The minimum atomic E-state index is 0.868. The minimum absolute atomic E-state index is 0.868. The smallest absolute Gasteiger partial charge is 0.212 e. The Morgan fingerprint density at radius 1 is 1.05 bits per heavy atom. The molecule has 0 radical (unpaired) electrons. The normalized spacial score (nSPS) is 11.4. The number of fused-ring (bicyclic) bond motifs is 3. The van der Waals surface area contributed by atoms with Crippen molar-refractivity contribution in [1.82, 2.24) is 14.4 Å². The summed E-state index contributed by atoms with van der Waals surface area (Å²) in [5.74, 6) is 0.868. The zero-order chi connectivity index (χ0) is 12.8. The van der Waals surface area contributed by atoms with Crippen LogP contribution >= 0.6 is 15.9 Å². The molecule has 0 fully saturated rings. The average molecular weight is 312 g/mol. The lowest BCUT2D eigenvalue weighted by atomic mass is 10.2. The molecule has 1 N–H and O–H groups in total. The summed E-state index contributed by atoms with van der Waals surface area (Å²) in [4.78, 5) is 7.78. The van der Waals surface area contributed by atoms with Crippen molar-refractivity contribution in [3.8, 4) is 11.3 Å². The van der Waals surface area contributed by atoms with E-state index < -0.39 is 0 Å². The van der Waals surface area contributed by atoms with Gasteiger partial charge in [-0.1, -0.05) is 46.3 Å². The van der Waals surface area contributed by atoms with Gasteiger partial charge in [0.05, 0.1) is 22.9 Å². The van der Waals surface area contributed by atoms with Gasteiger partial charge in [-0.2, -0.15) is 0 Å². The summed E-state index contributed by atoms with van der Waals surface area (Å²) in [5, 5.41) is 0. The van der Waals surface area contributed by atoms with Crippen molar-refractivity contribution in [2.45, 2.75) is 0 Å². The standard InChI is InChI=1S/C15H10BrN3/c16-11-6-7-13-12(8-11)18-15-17-9-14(19(13)15)10-4-2-1-3-5-10/h1-9H,(H,17,18). The van der Waals surface area contributed by atoms with Crippen LogP contribution in [0.2, 0.25) is 0 Å². The Morgan fingerprint density at radius 2 is 1.89 bits per heavy atom. The van der Waals surface area contributed by atoms with Crippen molar-refractivity contribution in [2.75, 3.05) is 0 Å². The Balaban J connectivity index is 2.10. The van der Waals surface area contributed by atoms with Crippen LogP contribution in [-0.2, 0) is 0 Å². The summed E-state index contributed by atoms with van der Waals surface area (Å²) in [7, 11) is 0. The van der Waals surface area contributed by atoms with Crippen LogP contribution in [0.25, 0.3) is 28.1 Å². The number of aromatic amines is 1. The molecule has 4 aromatic rings. The number of hydrogen-bond donors (Lipinski definition) is 1. The van der Waals surface area contributed by atoms with E-state index in [2.05, 4.69) is 54.6 Å². The van der Waals surface area contributed by atoms with Gasteiger partial charge >= 0.3 is 0 Å².